The van der Waals surface area contributed by atoms with Gasteiger partial charge < -0.3 is 10.4 Å². The molecule has 0 aliphatic rings. The number of carbonyl (C=O) groups is 1. The molecule has 0 saturated carbocycles. The lowest BCUT2D eigenvalue weighted by atomic mass is 10.0. The van der Waals surface area contributed by atoms with Gasteiger partial charge in [0.2, 0.25) is 0 Å². The fourth-order valence-corrected chi connectivity index (χ4v) is 2.43. The molecule has 3 nitrogen and oxygen atoms in total. The predicted molar refractivity (Wildman–Crippen MR) is 89.6 cm³/mol. The maximum atomic E-state index is 11.2. The zero-order valence-corrected chi connectivity index (χ0v) is 13.1. The van der Waals surface area contributed by atoms with Crippen LogP contribution in [-0.4, -0.2) is 17.1 Å². The Labute approximate surface area is 132 Å². The summed E-state index contributed by atoms with van der Waals surface area (Å²) in [5.41, 5.74) is 3.45. The normalized spacial score (nSPS) is 12.3. The van der Waals surface area contributed by atoms with Crippen molar-refractivity contribution in [1.29, 1.82) is 0 Å². The van der Waals surface area contributed by atoms with Crippen LogP contribution in [0.4, 0.5) is 0 Å². The van der Waals surface area contributed by atoms with Crippen LogP contribution in [0.25, 0.3) is 11.1 Å². The Hall–Kier alpha value is -2.13. The first-order valence-electron chi connectivity index (χ1n) is 7.67. The molecule has 0 heterocycles. The summed E-state index contributed by atoms with van der Waals surface area (Å²) < 4.78 is 0. The van der Waals surface area contributed by atoms with Crippen LogP contribution in [0.3, 0.4) is 0 Å². The SMILES string of the molecule is CC(C)CC(NCc1ccc(-c2ccccc2)cc1)C(=O)O. The van der Waals surface area contributed by atoms with E-state index in [9.17, 15) is 9.90 Å². The van der Waals surface area contributed by atoms with Gasteiger partial charge in [-0.25, -0.2) is 0 Å². The minimum absolute atomic E-state index is 0.356. The van der Waals surface area contributed by atoms with Gasteiger partial charge in [0.15, 0.2) is 0 Å². The number of hydrogen-bond donors (Lipinski definition) is 2. The second kappa shape index (κ2) is 7.76. The van der Waals surface area contributed by atoms with Crippen molar-refractivity contribution in [3.63, 3.8) is 0 Å². The van der Waals surface area contributed by atoms with Crippen LogP contribution in [0.15, 0.2) is 54.6 Å². The molecular formula is C19H23NO2. The molecule has 1 atom stereocenters. The van der Waals surface area contributed by atoms with E-state index in [1.165, 1.54) is 11.1 Å². The van der Waals surface area contributed by atoms with Gasteiger partial charge in [0, 0.05) is 6.54 Å². The Kier molecular flexibility index (Phi) is 5.73. The van der Waals surface area contributed by atoms with Gasteiger partial charge in [0.25, 0.3) is 0 Å². The molecule has 116 valence electrons. The van der Waals surface area contributed by atoms with E-state index >= 15 is 0 Å². The standard InChI is InChI=1S/C19H23NO2/c1-14(2)12-18(19(21)22)20-13-15-8-10-17(11-9-15)16-6-4-3-5-7-16/h3-11,14,18,20H,12-13H2,1-2H3,(H,21,22). The molecule has 22 heavy (non-hydrogen) atoms. The van der Waals surface area contributed by atoms with E-state index in [4.69, 9.17) is 0 Å². The quantitative estimate of drug-likeness (QED) is 0.813. The van der Waals surface area contributed by atoms with Crippen LogP contribution in [0.5, 0.6) is 0 Å². The summed E-state index contributed by atoms with van der Waals surface area (Å²) in [6.45, 7) is 4.64. The number of nitrogens with one attached hydrogen (secondary N) is 1. The second-order valence-electron chi connectivity index (χ2n) is 5.96. The minimum Gasteiger partial charge on any atom is -0.480 e. The van der Waals surface area contributed by atoms with Crippen LogP contribution in [0, 0.1) is 5.92 Å². The highest BCUT2D eigenvalue weighted by Crippen LogP contribution is 2.19. The molecule has 0 fully saturated rings. The maximum Gasteiger partial charge on any atom is 0.320 e. The number of carboxylic acid groups (broad SMARTS) is 1. The Morgan fingerprint density at radius 1 is 1.00 bits per heavy atom. The Morgan fingerprint density at radius 2 is 1.59 bits per heavy atom. The van der Waals surface area contributed by atoms with E-state index in [-0.39, 0.29) is 0 Å². The third-order valence-corrected chi connectivity index (χ3v) is 3.62. The Bertz CT molecular complexity index is 591. The molecule has 1 unspecified atom stereocenters. The molecule has 2 aromatic carbocycles. The van der Waals surface area contributed by atoms with Crippen molar-refractivity contribution in [3.8, 4) is 11.1 Å². The van der Waals surface area contributed by atoms with Crippen LogP contribution >= 0.6 is 0 Å². The molecule has 3 heteroatoms. The van der Waals surface area contributed by atoms with Gasteiger partial charge in [0.05, 0.1) is 0 Å². The molecule has 0 aliphatic carbocycles. The molecule has 2 N–H and O–H groups in total. The summed E-state index contributed by atoms with van der Waals surface area (Å²) in [5, 5.41) is 12.4. The fourth-order valence-electron chi connectivity index (χ4n) is 2.43. The van der Waals surface area contributed by atoms with Crippen molar-refractivity contribution >= 4 is 5.97 Å². The van der Waals surface area contributed by atoms with Crippen LogP contribution in [0.2, 0.25) is 0 Å². The third-order valence-electron chi connectivity index (χ3n) is 3.62. The Morgan fingerprint density at radius 3 is 2.14 bits per heavy atom. The average molecular weight is 297 g/mol. The highest BCUT2D eigenvalue weighted by atomic mass is 16.4. The first kappa shape index (κ1) is 16.2. The number of rotatable bonds is 7. The molecule has 0 spiro atoms. The predicted octanol–water partition coefficient (Wildman–Crippen LogP) is 3.94. The molecular weight excluding hydrogens is 274 g/mol. The summed E-state index contributed by atoms with van der Waals surface area (Å²) in [4.78, 5) is 11.2. The van der Waals surface area contributed by atoms with E-state index in [1.54, 1.807) is 0 Å². The van der Waals surface area contributed by atoms with Crippen molar-refractivity contribution in [1.82, 2.24) is 5.32 Å². The number of benzene rings is 2. The fraction of sp³-hybridized carbons (Fsp3) is 0.316. The second-order valence-corrected chi connectivity index (χ2v) is 5.96. The molecule has 0 amide bonds. The minimum atomic E-state index is -0.783. The molecule has 0 radical (unpaired) electrons. The van der Waals surface area contributed by atoms with E-state index < -0.39 is 12.0 Å². The Balaban J connectivity index is 1.98. The van der Waals surface area contributed by atoms with Crippen molar-refractivity contribution in [2.75, 3.05) is 0 Å². The van der Waals surface area contributed by atoms with E-state index in [1.807, 2.05) is 44.2 Å². The van der Waals surface area contributed by atoms with Crippen LogP contribution in [0.1, 0.15) is 25.8 Å². The van der Waals surface area contributed by atoms with Crippen LogP contribution in [-0.2, 0) is 11.3 Å². The molecule has 0 aromatic heterocycles. The van der Waals surface area contributed by atoms with Crippen molar-refractivity contribution < 1.29 is 9.90 Å². The lowest BCUT2D eigenvalue weighted by Gasteiger charge is -2.16. The molecule has 0 aliphatic heterocycles. The molecule has 2 aromatic rings. The van der Waals surface area contributed by atoms with Crippen molar-refractivity contribution in [3.05, 3.63) is 60.2 Å². The van der Waals surface area contributed by atoms with Crippen LogP contribution < -0.4 is 5.32 Å². The highest BCUT2D eigenvalue weighted by Gasteiger charge is 2.17. The van der Waals surface area contributed by atoms with Gasteiger partial charge in [-0.1, -0.05) is 68.4 Å². The van der Waals surface area contributed by atoms with E-state index in [0.717, 1.165) is 5.56 Å². The summed E-state index contributed by atoms with van der Waals surface area (Å²) >= 11 is 0. The first-order valence-corrected chi connectivity index (χ1v) is 7.67. The average Bonchev–Trinajstić information content (AvgIpc) is 2.52. The topological polar surface area (TPSA) is 49.3 Å². The largest absolute Gasteiger partial charge is 0.480 e. The molecule has 0 bridgehead atoms. The maximum absolute atomic E-state index is 11.2. The summed E-state index contributed by atoms with van der Waals surface area (Å²) in [6.07, 6.45) is 0.636. The lowest BCUT2D eigenvalue weighted by Crippen LogP contribution is -2.37. The van der Waals surface area contributed by atoms with E-state index in [2.05, 4.69) is 29.6 Å². The summed E-state index contributed by atoms with van der Waals surface area (Å²) in [5.74, 6) is -0.427. The number of hydrogen-bond acceptors (Lipinski definition) is 2. The molecule has 2 rings (SSSR count). The monoisotopic (exact) mass is 297 g/mol. The van der Waals surface area contributed by atoms with Gasteiger partial charge >= 0.3 is 5.97 Å². The van der Waals surface area contributed by atoms with Gasteiger partial charge in [-0.15, -0.1) is 0 Å². The third kappa shape index (κ3) is 4.71. The smallest absolute Gasteiger partial charge is 0.320 e. The van der Waals surface area contributed by atoms with Crippen molar-refractivity contribution in [2.45, 2.75) is 32.9 Å². The zero-order valence-electron chi connectivity index (χ0n) is 13.1. The van der Waals surface area contributed by atoms with Gasteiger partial charge in [0.1, 0.15) is 6.04 Å². The van der Waals surface area contributed by atoms with E-state index in [0.29, 0.717) is 18.9 Å². The van der Waals surface area contributed by atoms with Gasteiger partial charge in [-0.3, -0.25) is 4.79 Å². The van der Waals surface area contributed by atoms with Gasteiger partial charge in [-0.2, -0.15) is 0 Å². The first-order chi connectivity index (χ1) is 10.6. The lowest BCUT2D eigenvalue weighted by molar-refractivity contribution is -0.140. The van der Waals surface area contributed by atoms with Crippen molar-refractivity contribution in [2.24, 2.45) is 5.92 Å². The summed E-state index contributed by atoms with van der Waals surface area (Å²) in [6, 6.07) is 18.0. The zero-order chi connectivity index (χ0) is 15.9. The number of aliphatic carboxylic acids is 1. The van der Waals surface area contributed by atoms with Gasteiger partial charge in [-0.05, 0) is 29.0 Å². The number of carboxylic acids is 1. The molecule has 0 saturated heterocycles. The highest BCUT2D eigenvalue weighted by molar-refractivity contribution is 5.73. The summed E-state index contributed by atoms with van der Waals surface area (Å²) in [7, 11) is 0.